The third-order valence-corrected chi connectivity index (χ3v) is 2.06. The third-order valence-electron chi connectivity index (χ3n) is 2.06. The molecule has 0 aliphatic carbocycles. The SMILES string of the molecule is Cc1nc(CNC(C)C(N)=O)oc1C. The molecule has 5 nitrogen and oxygen atoms in total. The lowest BCUT2D eigenvalue weighted by Gasteiger charge is -2.06. The molecule has 1 aromatic heterocycles. The van der Waals surface area contributed by atoms with Crippen molar-refractivity contribution < 1.29 is 9.21 Å². The molecule has 1 rings (SSSR count). The number of carbonyl (C=O) groups is 1. The normalized spacial score (nSPS) is 12.8. The van der Waals surface area contributed by atoms with Crippen LogP contribution in [-0.2, 0) is 11.3 Å². The summed E-state index contributed by atoms with van der Waals surface area (Å²) in [6.45, 7) is 5.84. The van der Waals surface area contributed by atoms with Crippen LogP contribution in [-0.4, -0.2) is 16.9 Å². The Labute approximate surface area is 82.7 Å². The molecule has 0 aliphatic heterocycles. The lowest BCUT2D eigenvalue weighted by molar-refractivity contribution is -0.119. The summed E-state index contributed by atoms with van der Waals surface area (Å²) in [6.07, 6.45) is 0. The van der Waals surface area contributed by atoms with Gasteiger partial charge in [0.1, 0.15) is 5.76 Å². The summed E-state index contributed by atoms with van der Waals surface area (Å²) < 4.78 is 5.32. The van der Waals surface area contributed by atoms with Gasteiger partial charge in [0, 0.05) is 0 Å². The van der Waals surface area contributed by atoms with Gasteiger partial charge in [0.25, 0.3) is 0 Å². The Morgan fingerprint density at radius 3 is 2.71 bits per heavy atom. The van der Waals surface area contributed by atoms with Gasteiger partial charge in [-0.15, -0.1) is 0 Å². The first kappa shape index (κ1) is 10.7. The molecule has 0 saturated heterocycles. The lowest BCUT2D eigenvalue weighted by atomic mass is 10.3. The van der Waals surface area contributed by atoms with E-state index in [-0.39, 0.29) is 11.9 Å². The van der Waals surface area contributed by atoms with Crippen molar-refractivity contribution in [2.75, 3.05) is 0 Å². The highest BCUT2D eigenvalue weighted by Gasteiger charge is 2.10. The number of aryl methyl sites for hydroxylation is 2. The first-order valence-electron chi connectivity index (χ1n) is 4.46. The van der Waals surface area contributed by atoms with E-state index < -0.39 is 0 Å². The molecule has 14 heavy (non-hydrogen) atoms. The largest absolute Gasteiger partial charge is 0.444 e. The highest BCUT2D eigenvalue weighted by Crippen LogP contribution is 2.07. The van der Waals surface area contributed by atoms with E-state index in [4.69, 9.17) is 10.2 Å². The highest BCUT2D eigenvalue weighted by atomic mass is 16.4. The Kier molecular flexibility index (Phi) is 3.24. The fraction of sp³-hybridized carbons (Fsp3) is 0.556. The Morgan fingerprint density at radius 1 is 1.64 bits per heavy atom. The van der Waals surface area contributed by atoms with E-state index in [1.807, 2.05) is 13.8 Å². The number of rotatable bonds is 4. The van der Waals surface area contributed by atoms with E-state index in [1.165, 1.54) is 0 Å². The maximum absolute atomic E-state index is 10.7. The monoisotopic (exact) mass is 197 g/mol. The van der Waals surface area contributed by atoms with Crippen molar-refractivity contribution in [3.8, 4) is 0 Å². The van der Waals surface area contributed by atoms with Gasteiger partial charge in [-0.2, -0.15) is 0 Å². The van der Waals surface area contributed by atoms with Crippen molar-refractivity contribution in [1.29, 1.82) is 0 Å². The van der Waals surface area contributed by atoms with Crippen LogP contribution in [0, 0.1) is 13.8 Å². The van der Waals surface area contributed by atoms with Crippen molar-refractivity contribution in [1.82, 2.24) is 10.3 Å². The van der Waals surface area contributed by atoms with Gasteiger partial charge in [-0.05, 0) is 20.8 Å². The Bertz CT molecular complexity index is 313. The first-order valence-corrected chi connectivity index (χ1v) is 4.46. The van der Waals surface area contributed by atoms with Gasteiger partial charge >= 0.3 is 0 Å². The zero-order chi connectivity index (χ0) is 10.7. The van der Waals surface area contributed by atoms with Crippen LogP contribution in [0.25, 0.3) is 0 Å². The van der Waals surface area contributed by atoms with Gasteiger partial charge in [0.15, 0.2) is 0 Å². The molecule has 78 valence electrons. The van der Waals surface area contributed by atoms with Crippen molar-refractivity contribution in [3.05, 3.63) is 17.3 Å². The minimum Gasteiger partial charge on any atom is -0.444 e. The molecule has 0 saturated carbocycles. The van der Waals surface area contributed by atoms with E-state index in [9.17, 15) is 4.79 Å². The molecule has 3 N–H and O–H groups in total. The molecule has 1 atom stereocenters. The molecular formula is C9H15N3O2. The number of primary amides is 1. The summed E-state index contributed by atoms with van der Waals surface area (Å²) in [5, 5.41) is 2.91. The molecule has 1 aromatic rings. The molecule has 0 bridgehead atoms. The van der Waals surface area contributed by atoms with Crippen LogP contribution in [0.3, 0.4) is 0 Å². The van der Waals surface area contributed by atoms with Gasteiger partial charge in [-0.3, -0.25) is 10.1 Å². The third kappa shape index (κ3) is 2.56. The second-order valence-corrected chi connectivity index (χ2v) is 3.25. The fourth-order valence-corrected chi connectivity index (χ4v) is 0.956. The summed E-state index contributed by atoms with van der Waals surface area (Å²) in [4.78, 5) is 14.9. The Balaban J connectivity index is 2.50. The predicted molar refractivity (Wildman–Crippen MR) is 51.5 cm³/mol. The predicted octanol–water partition coefficient (Wildman–Crippen LogP) is 0.255. The topological polar surface area (TPSA) is 81.1 Å². The average molecular weight is 197 g/mol. The van der Waals surface area contributed by atoms with E-state index in [2.05, 4.69) is 10.3 Å². The van der Waals surface area contributed by atoms with Crippen molar-refractivity contribution >= 4 is 5.91 Å². The Morgan fingerprint density at radius 2 is 2.29 bits per heavy atom. The molecule has 1 unspecified atom stereocenters. The molecule has 0 spiro atoms. The summed E-state index contributed by atoms with van der Waals surface area (Å²) in [6, 6.07) is -0.373. The van der Waals surface area contributed by atoms with Crippen LogP contribution in [0.2, 0.25) is 0 Å². The highest BCUT2D eigenvalue weighted by molar-refractivity contribution is 5.79. The van der Waals surface area contributed by atoms with Gasteiger partial charge in [0.2, 0.25) is 11.8 Å². The van der Waals surface area contributed by atoms with E-state index in [0.717, 1.165) is 11.5 Å². The zero-order valence-electron chi connectivity index (χ0n) is 8.63. The van der Waals surface area contributed by atoms with Crippen LogP contribution in [0.5, 0.6) is 0 Å². The number of amides is 1. The minimum atomic E-state index is -0.384. The van der Waals surface area contributed by atoms with Gasteiger partial charge in [0.05, 0.1) is 18.3 Å². The van der Waals surface area contributed by atoms with Crippen molar-refractivity contribution in [2.24, 2.45) is 5.73 Å². The second-order valence-electron chi connectivity index (χ2n) is 3.25. The quantitative estimate of drug-likeness (QED) is 0.725. The number of hydrogen-bond acceptors (Lipinski definition) is 4. The van der Waals surface area contributed by atoms with Gasteiger partial charge in [-0.1, -0.05) is 0 Å². The summed E-state index contributed by atoms with van der Waals surface area (Å²) in [5.41, 5.74) is 5.95. The van der Waals surface area contributed by atoms with Crippen LogP contribution >= 0.6 is 0 Å². The number of oxazole rings is 1. The molecule has 0 radical (unpaired) electrons. The molecule has 5 heteroatoms. The summed E-state index contributed by atoms with van der Waals surface area (Å²) >= 11 is 0. The van der Waals surface area contributed by atoms with E-state index in [1.54, 1.807) is 6.92 Å². The summed E-state index contributed by atoms with van der Waals surface area (Å²) in [7, 11) is 0. The number of nitrogens with zero attached hydrogens (tertiary/aromatic N) is 1. The second kappa shape index (κ2) is 4.23. The lowest BCUT2D eigenvalue weighted by Crippen LogP contribution is -2.38. The molecular weight excluding hydrogens is 182 g/mol. The maximum Gasteiger partial charge on any atom is 0.234 e. The van der Waals surface area contributed by atoms with Crippen molar-refractivity contribution in [3.63, 3.8) is 0 Å². The zero-order valence-corrected chi connectivity index (χ0v) is 8.63. The number of nitrogens with one attached hydrogen (secondary N) is 1. The standard InChI is InChI=1S/C9H15N3O2/c1-5-7(3)14-8(12-5)4-11-6(2)9(10)13/h6,11H,4H2,1-3H3,(H2,10,13). The molecule has 0 aliphatic rings. The van der Waals surface area contributed by atoms with Crippen LogP contribution in [0.1, 0.15) is 24.3 Å². The number of carbonyl (C=O) groups excluding carboxylic acids is 1. The molecule has 1 amide bonds. The van der Waals surface area contributed by atoms with E-state index in [0.29, 0.717) is 12.4 Å². The molecule has 1 heterocycles. The smallest absolute Gasteiger partial charge is 0.234 e. The van der Waals surface area contributed by atoms with Crippen LogP contribution < -0.4 is 11.1 Å². The van der Waals surface area contributed by atoms with Crippen molar-refractivity contribution in [2.45, 2.75) is 33.4 Å². The average Bonchev–Trinajstić information content (AvgIpc) is 2.42. The van der Waals surface area contributed by atoms with Crippen LogP contribution in [0.15, 0.2) is 4.42 Å². The Hall–Kier alpha value is -1.36. The molecule has 0 fully saturated rings. The minimum absolute atomic E-state index is 0.373. The number of nitrogens with two attached hydrogens (primary N) is 1. The first-order chi connectivity index (χ1) is 6.50. The maximum atomic E-state index is 10.7. The fourth-order valence-electron chi connectivity index (χ4n) is 0.956. The number of aromatic nitrogens is 1. The van der Waals surface area contributed by atoms with Gasteiger partial charge < -0.3 is 10.2 Å². The van der Waals surface area contributed by atoms with Crippen LogP contribution in [0.4, 0.5) is 0 Å². The summed E-state index contributed by atoms with van der Waals surface area (Å²) in [5.74, 6) is 0.992. The van der Waals surface area contributed by atoms with Gasteiger partial charge in [-0.25, -0.2) is 4.98 Å². The number of hydrogen-bond donors (Lipinski definition) is 2. The molecule has 0 aromatic carbocycles. The van der Waals surface area contributed by atoms with E-state index >= 15 is 0 Å².